The molecule has 0 radical (unpaired) electrons. The van der Waals surface area contributed by atoms with Crippen LogP contribution in [-0.4, -0.2) is 16.2 Å². The maximum Gasteiger partial charge on any atom is 0.220 e. The molecule has 3 N–H and O–H groups in total. The lowest BCUT2D eigenvalue weighted by Gasteiger charge is -2.15. The Labute approximate surface area is 116 Å². The summed E-state index contributed by atoms with van der Waals surface area (Å²) >= 11 is 1.44. The summed E-state index contributed by atoms with van der Waals surface area (Å²) in [7, 11) is 0. The number of benzene rings is 1. The third-order valence-electron chi connectivity index (χ3n) is 2.58. The quantitative estimate of drug-likeness (QED) is 0.378. The van der Waals surface area contributed by atoms with E-state index in [1.54, 1.807) is 6.07 Å². The van der Waals surface area contributed by atoms with Gasteiger partial charge in [0, 0.05) is 6.07 Å². The first-order chi connectivity index (χ1) is 9.22. The van der Waals surface area contributed by atoms with Crippen LogP contribution in [0.4, 0.5) is 5.82 Å². The van der Waals surface area contributed by atoms with Crippen molar-refractivity contribution in [2.45, 2.75) is 18.2 Å². The molecule has 1 heterocycles. The van der Waals surface area contributed by atoms with Crippen LogP contribution in [0.15, 0.2) is 41.6 Å². The molecule has 0 saturated heterocycles. The van der Waals surface area contributed by atoms with Crippen LogP contribution in [0.3, 0.4) is 0 Å². The van der Waals surface area contributed by atoms with Crippen molar-refractivity contribution in [2.24, 2.45) is 5.84 Å². The fraction of sp³-hybridized carbons (Fsp3) is 0.231. The molecule has 0 amide bonds. The second kappa shape index (κ2) is 6.40. The predicted octanol–water partition coefficient (Wildman–Crippen LogP) is 2.62. The zero-order valence-corrected chi connectivity index (χ0v) is 11.6. The van der Waals surface area contributed by atoms with Gasteiger partial charge in [0.2, 0.25) is 5.88 Å². The number of hydrogen-bond donors (Lipinski definition) is 2. The molecular formula is C13H16N4OS. The van der Waals surface area contributed by atoms with E-state index in [1.165, 1.54) is 11.8 Å². The smallest absolute Gasteiger partial charge is 0.220 e. The van der Waals surface area contributed by atoms with E-state index in [4.69, 9.17) is 10.6 Å². The van der Waals surface area contributed by atoms with E-state index in [-0.39, 0.29) is 6.10 Å². The van der Waals surface area contributed by atoms with Crippen LogP contribution >= 0.6 is 11.8 Å². The van der Waals surface area contributed by atoms with Crippen molar-refractivity contribution in [3.8, 4) is 5.88 Å². The van der Waals surface area contributed by atoms with E-state index in [1.807, 2.05) is 43.5 Å². The number of hydrazine groups is 1. The maximum absolute atomic E-state index is 5.83. The summed E-state index contributed by atoms with van der Waals surface area (Å²) in [6.07, 6.45) is 1.82. The van der Waals surface area contributed by atoms with Crippen LogP contribution in [0.5, 0.6) is 5.88 Å². The molecule has 0 aliphatic rings. The van der Waals surface area contributed by atoms with Gasteiger partial charge in [-0.2, -0.15) is 4.98 Å². The number of thioether (sulfide) groups is 1. The van der Waals surface area contributed by atoms with Crippen molar-refractivity contribution in [2.75, 3.05) is 11.7 Å². The molecule has 0 aliphatic carbocycles. The molecule has 1 unspecified atom stereocenters. The lowest BCUT2D eigenvalue weighted by molar-refractivity contribution is 0.215. The minimum absolute atomic E-state index is 0.0866. The van der Waals surface area contributed by atoms with Gasteiger partial charge in [-0.3, -0.25) is 0 Å². The summed E-state index contributed by atoms with van der Waals surface area (Å²) in [6, 6.07) is 11.7. The SMILES string of the molecule is CSc1nc(NN)cc(OC(C)c2ccccc2)n1. The molecule has 19 heavy (non-hydrogen) atoms. The third-order valence-corrected chi connectivity index (χ3v) is 3.13. The minimum atomic E-state index is -0.0866. The highest BCUT2D eigenvalue weighted by Crippen LogP contribution is 2.23. The minimum Gasteiger partial charge on any atom is -0.470 e. The van der Waals surface area contributed by atoms with Crippen LogP contribution in [0.25, 0.3) is 0 Å². The second-order valence-electron chi connectivity index (χ2n) is 3.89. The van der Waals surface area contributed by atoms with Crippen molar-refractivity contribution in [3.05, 3.63) is 42.0 Å². The van der Waals surface area contributed by atoms with E-state index in [0.29, 0.717) is 16.9 Å². The normalized spacial score (nSPS) is 11.9. The Morgan fingerprint density at radius 3 is 2.63 bits per heavy atom. The Balaban J connectivity index is 2.18. The van der Waals surface area contributed by atoms with Gasteiger partial charge in [-0.1, -0.05) is 42.1 Å². The summed E-state index contributed by atoms with van der Waals surface area (Å²) in [4.78, 5) is 8.49. The highest BCUT2D eigenvalue weighted by Gasteiger charge is 2.10. The zero-order chi connectivity index (χ0) is 13.7. The topological polar surface area (TPSA) is 73.1 Å². The predicted molar refractivity (Wildman–Crippen MR) is 77.1 cm³/mol. The number of rotatable bonds is 5. The second-order valence-corrected chi connectivity index (χ2v) is 4.67. The molecule has 2 rings (SSSR count). The van der Waals surface area contributed by atoms with Crippen LogP contribution < -0.4 is 16.0 Å². The molecule has 5 nitrogen and oxygen atoms in total. The molecule has 6 heteroatoms. The summed E-state index contributed by atoms with van der Waals surface area (Å²) < 4.78 is 5.83. The van der Waals surface area contributed by atoms with Gasteiger partial charge in [-0.15, -0.1) is 0 Å². The van der Waals surface area contributed by atoms with E-state index >= 15 is 0 Å². The van der Waals surface area contributed by atoms with Crippen molar-refractivity contribution in [1.29, 1.82) is 0 Å². The molecule has 0 spiro atoms. The van der Waals surface area contributed by atoms with Gasteiger partial charge in [0.15, 0.2) is 5.16 Å². The van der Waals surface area contributed by atoms with E-state index < -0.39 is 0 Å². The lowest BCUT2D eigenvalue weighted by Crippen LogP contribution is -2.11. The Bertz CT molecular complexity index is 513. The van der Waals surface area contributed by atoms with Gasteiger partial charge < -0.3 is 10.2 Å². The van der Waals surface area contributed by atoms with Gasteiger partial charge in [-0.25, -0.2) is 10.8 Å². The monoisotopic (exact) mass is 276 g/mol. The Morgan fingerprint density at radius 2 is 2.00 bits per heavy atom. The van der Waals surface area contributed by atoms with E-state index in [9.17, 15) is 0 Å². The fourth-order valence-electron chi connectivity index (χ4n) is 1.60. The highest BCUT2D eigenvalue weighted by molar-refractivity contribution is 7.98. The maximum atomic E-state index is 5.83. The molecule has 0 saturated carbocycles. The van der Waals surface area contributed by atoms with Crippen LogP contribution in [0.2, 0.25) is 0 Å². The van der Waals surface area contributed by atoms with Gasteiger partial charge in [0.1, 0.15) is 11.9 Å². The Hall–Kier alpha value is -1.79. The molecule has 1 atom stereocenters. The summed E-state index contributed by atoms with van der Waals surface area (Å²) in [5.74, 6) is 6.42. The van der Waals surface area contributed by atoms with Crippen molar-refractivity contribution in [3.63, 3.8) is 0 Å². The summed E-state index contributed by atoms with van der Waals surface area (Å²) in [5, 5.41) is 0.616. The zero-order valence-electron chi connectivity index (χ0n) is 10.8. The van der Waals surface area contributed by atoms with Crippen LogP contribution in [-0.2, 0) is 0 Å². The van der Waals surface area contributed by atoms with E-state index in [0.717, 1.165) is 5.56 Å². The first kappa shape index (κ1) is 13.6. The summed E-state index contributed by atoms with van der Waals surface area (Å²) in [6.45, 7) is 1.98. The number of aromatic nitrogens is 2. The number of nitrogens with one attached hydrogen (secondary N) is 1. The molecule has 0 aliphatic heterocycles. The summed E-state index contributed by atoms with van der Waals surface area (Å²) in [5.41, 5.74) is 3.60. The van der Waals surface area contributed by atoms with Crippen molar-refractivity contribution >= 4 is 17.6 Å². The van der Waals surface area contributed by atoms with E-state index in [2.05, 4.69) is 15.4 Å². The number of nitrogens with zero attached hydrogens (tertiary/aromatic N) is 2. The van der Waals surface area contributed by atoms with Crippen molar-refractivity contribution < 1.29 is 4.74 Å². The van der Waals surface area contributed by atoms with Crippen LogP contribution in [0.1, 0.15) is 18.6 Å². The lowest BCUT2D eigenvalue weighted by atomic mass is 10.1. The largest absolute Gasteiger partial charge is 0.470 e. The first-order valence-electron chi connectivity index (χ1n) is 5.84. The van der Waals surface area contributed by atoms with Crippen molar-refractivity contribution in [1.82, 2.24) is 9.97 Å². The number of anilines is 1. The number of ether oxygens (including phenoxy) is 1. The molecule has 2 aromatic rings. The Kier molecular flexibility index (Phi) is 4.59. The number of nitrogens with two attached hydrogens (primary N) is 1. The molecule has 0 fully saturated rings. The average molecular weight is 276 g/mol. The number of nitrogen functional groups attached to an aromatic ring is 1. The van der Waals surface area contributed by atoms with Gasteiger partial charge in [0.05, 0.1) is 0 Å². The molecule has 0 bridgehead atoms. The first-order valence-corrected chi connectivity index (χ1v) is 7.06. The number of hydrogen-bond acceptors (Lipinski definition) is 6. The highest BCUT2D eigenvalue weighted by atomic mass is 32.2. The Morgan fingerprint density at radius 1 is 1.26 bits per heavy atom. The van der Waals surface area contributed by atoms with Gasteiger partial charge >= 0.3 is 0 Å². The fourth-order valence-corrected chi connectivity index (χ4v) is 1.97. The molecule has 1 aromatic carbocycles. The molecule has 100 valence electrons. The molecular weight excluding hydrogens is 260 g/mol. The van der Waals surface area contributed by atoms with Gasteiger partial charge in [-0.05, 0) is 18.7 Å². The standard InChI is InChI=1S/C13H16N4OS/c1-9(10-6-4-3-5-7-10)18-12-8-11(17-14)15-13(16-12)19-2/h3-9H,14H2,1-2H3,(H,15,16,17). The van der Waals surface area contributed by atoms with Gasteiger partial charge in [0.25, 0.3) is 0 Å². The molecule has 1 aromatic heterocycles. The average Bonchev–Trinajstić information content (AvgIpc) is 2.47. The van der Waals surface area contributed by atoms with Crippen LogP contribution in [0, 0.1) is 0 Å². The third kappa shape index (κ3) is 3.59.